The van der Waals surface area contributed by atoms with Gasteiger partial charge in [0, 0.05) is 17.5 Å². The van der Waals surface area contributed by atoms with E-state index < -0.39 is 88.3 Å². The van der Waals surface area contributed by atoms with Crippen molar-refractivity contribution < 1.29 is 53.5 Å². The SMILES string of the molecule is Cc1cc(C2=NOC(c3cc(Cl)c(F)c(Cl)c3)(C(F)(F)F)C2)ccc1C(=O)N(c1nc(C)n(C(F)C(F)F)n1)C(F)C(F)F. The highest BCUT2D eigenvalue weighted by molar-refractivity contribution is 6.35. The largest absolute Gasteiger partial charge is 0.435 e. The molecule has 44 heavy (non-hydrogen) atoms. The number of rotatable bonds is 8. The number of carbonyl (C=O) groups is 1. The molecule has 0 saturated carbocycles. The van der Waals surface area contributed by atoms with Crippen LogP contribution in [0.25, 0.3) is 0 Å². The van der Waals surface area contributed by atoms with Crippen LogP contribution in [0.4, 0.5) is 49.9 Å². The highest BCUT2D eigenvalue weighted by atomic mass is 35.5. The third-order valence-electron chi connectivity index (χ3n) is 6.55. The van der Waals surface area contributed by atoms with Gasteiger partial charge in [-0.25, -0.2) is 40.3 Å². The van der Waals surface area contributed by atoms with Gasteiger partial charge in [0.05, 0.1) is 15.8 Å². The highest BCUT2D eigenvalue weighted by Crippen LogP contribution is 2.50. The minimum atomic E-state index is -5.13. The number of hydrogen-bond acceptors (Lipinski definition) is 5. The third kappa shape index (κ3) is 5.90. The number of alkyl halides is 9. The second-order valence-corrected chi connectivity index (χ2v) is 10.2. The molecule has 3 unspecified atom stereocenters. The Morgan fingerprint density at radius 1 is 1.02 bits per heavy atom. The molecule has 0 spiro atoms. The molecule has 3 aromatic rings. The number of anilines is 1. The monoisotopic (exact) mass is 679 g/mol. The van der Waals surface area contributed by atoms with Crippen molar-refractivity contribution in [2.75, 3.05) is 4.90 Å². The highest BCUT2D eigenvalue weighted by Gasteiger charge is 2.62. The van der Waals surface area contributed by atoms with E-state index in [2.05, 4.69) is 15.2 Å². The van der Waals surface area contributed by atoms with Gasteiger partial charge in [-0.15, -0.1) is 5.10 Å². The van der Waals surface area contributed by atoms with Crippen molar-refractivity contribution in [2.45, 2.75) is 57.5 Å². The molecule has 0 bridgehead atoms. The summed E-state index contributed by atoms with van der Waals surface area (Å²) in [5.74, 6) is -4.39. The zero-order valence-corrected chi connectivity index (χ0v) is 23.5. The first-order valence-electron chi connectivity index (χ1n) is 12.1. The Labute approximate surface area is 251 Å². The van der Waals surface area contributed by atoms with E-state index in [4.69, 9.17) is 28.0 Å². The third-order valence-corrected chi connectivity index (χ3v) is 7.10. The van der Waals surface area contributed by atoms with Crippen molar-refractivity contribution in [3.8, 4) is 0 Å². The molecule has 0 saturated heterocycles. The van der Waals surface area contributed by atoms with E-state index in [1.165, 1.54) is 6.92 Å². The molecule has 1 aliphatic heterocycles. The quantitative estimate of drug-likeness (QED) is 0.138. The van der Waals surface area contributed by atoms with Gasteiger partial charge in [-0.1, -0.05) is 34.4 Å². The van der Waals surface area contributed by atoms with Crippen molar-refractivity contribution >= 4 is 40.8 Å². The fourth-order valence-corrected chi connectivity index (χ4v) is 4.80. The molecule has 0 radical (unpaired) electrons. The Morgan fingerprint density at radius 2 is 1.64 bits per heavy atom. The summed E-state index contributed by atoms with van der Waals surface area (Å²) in [6, 6.07) is 4.47. The summed E-state index contributed by atoms with van der Waals surface area (Å²) in [7, 11) is 0. The summed E-state index contributed by atoms with van der Waals surface area (Å²) in [6.45, 7) is 2.19. The molecule has 1 aliphatic rings. The lowest BCUT2D eigenvalue weighted by Crippen LogP contribution is -2.43. The van der Waals surface area contributed by atoms with E-state index in [0.717, 1.165) is 25.1 Å². The summed E-state index contributed by atoms with van der Waals surface area (Å²) in [5, 5.41) is 5.37. The summed E-state index contributed by atoms with van der Waals surface area (Å²) in [6.07, 6.45) is -20.0. The molecule has 2 heterocycles. The van der Waals surface area contributed by atoms with Gasteiger partial charge in [0.15, 0.2) is 5.82 Å². The lowest BCUT2D eigenvalue weighted by Gasteiger charge is -2.29. The molecule has 0 N–H and O–H groups in total. The number of amides is 1. The van der Waals surface area contributed by atoms with Crippen molar-refractivity contribution in [1.82, 2.24) is 14.8 Å². The number of aryl methyl sites for hydroxylation is 2. The second kappa shape index (κ2) is 12.1. The van der Waals surface area contributed by atoms with Gasteiger partial charge < -0.3 is 4.84 Å². The van der Waals surface area contributed by atoms with Crippen LogP contribution in [0, 0.1) is 19.7 Å². The lowest BCUT2D eigenvalue weighted by molar-refractivity contribution is -0.275. The lowest BCUT2D eigenvalue weighted by atomic mass is 9.86. The van der Waals surface area contributed by atoms with Gasteiger partial charge in [-0.2, -0.15) is 18.2 Å². The van der Waals surface area contributed by atoms with Crippen LogP contribution in [0.3, 0.4) is 0 Å². The van der Waals surface area contributed by atoms with Crippen LogP contribution in [0.2, 0.25) is 10.0 Å². The van der Waals surface area contributed by atoms with E-state index >= 15 is 0 Å². The number of nitrogens with zero attached hydrogens (tertiary/aromatic N) is 5. The van der Waals surface area contributed by atoms with Crippen LogP contribution in [0.15, 0.2) is 35.5 Å². The number of carbonyl (C=O) groups excluding carboxylic acids is 1. The summed E-state index contributed by atoms with van der Waals surface area (Å²) in [5.41, 5.74) is -4.73. The predicted octanol–water partition coefficient (Wildman–Crippen LogP) is 7.86. The van der Waals surface area contributed by atoms with Gasteiger partial charge in [0.2, 0.25) is 6.30 Å². The first-order chi connectivity index (χ1) is 20.4. The average molecular weight is 680 g/mol. The fourth-order valence-electron chi connectivity index (χ4n) is 4.32. The van der Waals surface area contributed by atoms with Gasteiger partial charge in [0.1, 0.15) is 5.82 Å². The number of hydrogen-bond donors (Lipinski definition) is 0. The Kier molecular flexibility index (Phi) is 9.13. The number of benzene rings is 2. The van der Waals surface area contributed by atoms with Crippen LogP contribution in [-0.4, -0.2) is 51.7 Å². The van der Waals surface area contributed by atoms with Crippen molar-refractivity contribution in [3.05, 3.63) is 74.3 Å². The maximum Gasteiger partial charge on any atom is 0.435 e. The Bertz CT molecular complexity index is 1590. The number of aromatic nitrogens is 3. The average Bonchev–Trinajstić information content (AvgIpc) is 3.56. The van der Waals surface area contributed by atoms with Crippen LogP contribution >= 0.6 is 23.2 Å². The summed E-state index contributed by atoms with van der Waals surface area (Å²) >= 11 is 11.4. The minimum Gasteiger partial charge on any atom is -0.374 e. The van der Waals surface area contributed by atoms with Gasteiger partial charge in [-0.3, -0.25) is 4.79 Å². The Balaban J connectivity index is 1.69. The van der Waals surface area contributed by atoms with Crippen molar-refractivity contribution in [3.63, 3.8) is 0 Å². The Hall–Kier alpha value is -3.60. The van der Waals surface area contributed by atoms with E-state index in [1.807, 2.05) is 0 Å². The minimum absolute atomic E-state index is 0.0128. The molecule has 4 rings (SSSR count). The van der Waals surface area contributed by atoms with Gasteiger partial charge in [0.25, 0.3) is 36.6 Å². The summed E-state index contributed by atoms with van der Waals surface area (Å²) < 4.78 is 138. The molecule has 1 aromatic heterocycles. The maximum atomic E-state index is 14.6. The number of oxime groups is 1. The molecular weight excluding hydrogens is 663 g/mol. The second-order valence-electron chi connectivity index (χ2n) is 9.41. The van der Waals surface area contributed by atoms with Crippen molar-refractivity contribution in [2.24, 2.45) is 5.16 Å². The first kappa shape index (κ1) is 33.3. The molecule has 19 heteroatoms. The van der Waals surface area contributed by atoms with E-state index in [9.17, 15) is 48.7 Å². The normalized spacial score (nSPS) is 18.4. The van der Waals surface area contributed by atoms with Gasteiger partial charge in [-0.05, 0) is 49.2 Å². The molecule has 0 aliphatic carbocycles. The molecular formula is C25H17Cl2F10N5O2. The van der Waals surface area contributed by atoms with Crippen LogP contribution in [0.1, 0.15) is 45.6 Å². The van der Waals surface area contributed by atoms with E-state index in [-0.39, 0.29) is 26.4 Å². The molecule has 3 atom stereocenters. The van der Waals surface area contributed by atoms with E-state index in [1.54, 1.807) is 0 Å². The number of halogens is 12. The zero-order chi connectivity index (χ0) is 32.9. The molecule has 1 amide bonds. The van der Waals surface area contributed by atoms with Crippen LogP contribution in [0.5, 0.6) is 0 Å². The molecule has 0 fully saturated rings. The maximum absolute atomic E-state index is 14.6. The van der Waals surface area contributed by atoms with Crippen LogP contribution in [-0.2, 0) is 10.4 Å². The molecule has 238 valence electrons. The standard InChI is InChI=1S/C25H17Cl2F10N5O2/c1-9-5-11(16-8-24(44-40-16,25(35,36)37)12-6-14(26)17(28)15(27)7-12)3-4-13(9)22(43)41(20(33)18(29)30)23-38-10(2)42(39-23)21(34)19(31)32/h3-7,18-21H,8H2,1-2H3. The molecule has 2 aromatic carbocycles. The van der Waals surface area contributed by atoms with E-state index in [0.29, 0.717) is 12.1 Å². The smallest absolute Gasteiger partial charge is 0.374 e. The van der Waals surface area contributed by atoms with Crippen LogP contribution < -0.4 is 4.90 Å². The zero-order valence-electron chi connectivity index (χ0n) is 22.0. The predicted molar refractivity (Wildman–Crippen MR) is 136 cm³/mol. The first-order valence-corrected chi connectivity index (χ1v) is 12.8. The topological polar surface area (TPSA) is 72.6 Å². The van der Waals surface area contributed by atoms with Gasteiger partial charge >= 0.3 is 6.18 Å². The summed E-state index contributed by atoms with van der Waals surface area (Å²) in [4.78, 5) is 21.3. The molecule has 7 nitrogen and oxygen atoms in total. The fraction of sp³-hybridized carbons (Fsp3) is 0.360. The van der Waals surface area contributed by atoms with Crippen molar-refractivity contribution in [1.29, 1.82) is 0 Å². The Morgan fingerprint density at radius 3 is 2.16 bits per heavy atom.